The Kier molecular flexibility index (Phi) is 3.74. The molecule has 3 aromatic carbocycles. The van der Waals surface area contributed by atoms with E-state index in [1.165, 1.54) is 16.7 Å². The van der Waals surface area contributed by atoms with Crippen molar-refractivity contribution in [2.45, 2.75) is 13.8 Å². The van der Waals surface area contributed by atoms with Crippen LogP contribution < -0.4 is 4.74 Å². The topological polar surface area (TPSA) is 9.23 Å². The average Bonchev–Trinajstić information content (AvgIpc) is 2.52. The molecule has 0 amide bonds. The van der Waals surface area contributed by atoms with Gasteiger partial charge in [-0.25, -0.2) is 0 Å². The maximum Gasteiger partial charge on any atom is 0.135 e. The van der Waals surface area contributed by atoms with Gasteiger partial charge in [-0.1, -0.05) is 54.6 Å². The standard InChI is InChI=1S/C20H18O/c1-15-9-8-13-18(16(15)2)19-12-6-7-14-20(19)21-17-10-4-3-5-11-17/h3-14H,1-2H3. The van der Waals surface area contributed by atoms with Crippen LogP contribution in [0.5, 0.6) is 11.5 Å². The van der Waals surface area contributed by atoms with Gasteiger partial charge in [0.1, 0.15) is 11.5 Å². The Labute approximate surface area is 125 Å². The van der Waals surface area contributed by atoms with Gasteiger partial charge in [0.2, 0.25) is 0 Å². The van der Waals surface area contributed by atoms with Crippen LogP contribution in [0.4, 0.5) is 0 Å². The normalized spacial score (nSPS) is 10.4. The van der Waals surface area contributed by atoms with Gasteiger partial charge in [-0.05, 0) is 48.7 Å². The molecule has 0 heterocycles. The molecule has 0 fully saturated rings. The molecule has 0 aliphatic heterocycles. The predicted octanol–water partition coefficient (Wildman–Crippen LogP) is 5.76. The van der Waals surface area contributed by atoms with Crippen LogP contribution in [-0.4, -0.2) is 0 Å². The van der Waals surface area contributed by atoms with Crippen LogP contribution >= 0.6 is 0 Å². The lowest BCUT2D eigenvalue weighted by molar-refractivity contribution is 0.484. The maximum atomic E-state index is 6.06. The fourth-order valence-corrected chi connectivity index (χ4v) is 2.44. The SMILES string of the molecule is Cc1cccc(-c2ccccc2Oc2ccccc2)c1C. The van der Waals surface area contributed by atoms with Gasteiger partial charge >= 0.3 is 0 Å². The van der Waals surface area contributed by atoms with Crippen molar-refractivity contribution in [1.82, 2.24) is 0 Å². The van der Waals surface area contributed by atoms with E-state index in [0.29, 0.717) is 0 Å². The summed E-state index contributed by atoms with van der Waals surface area (Å²) in [5.41, 5.74) is 4.94. The van der Waals surface area contributed by atoms with Gasteiger partial charge in [0.15, 0.2) is 0 Å². The second-order valence-corrected chi connectivity index (χ2v) is 5.16. The number of rotatable bonds is 3. The molecule has 0 saturated carbocycles. The Morgan fingerprint density at radius 1 is 0.619 bits per heavy atom. The molecule has 1 heteroatoms. The molecule has 3 aromatic rings. The van der Waals surface area contributed by atoms with Gasteiger partial charge in [-0.2, -0.15) is 0 Å². The first-order valence-electron chi connectivity index (χ1n) is 7.14. The molecule has 0 saturated heterocycles. The van der Waals surface area contributed by atoms with Crippen LogP contribution in [0.1, 0.15) is 11.1 Å². The first kappa shape index (κ1) is 13.4. The number of ether oxygens (including phenoxy) is 1. The van der Waals surface area contributed by atoms with E-state index in [0.717, 1.165) is 17.1 Å². The van der Waals surface area contributed by atoms with E-state index >= 15 is 0 Å². The van der Waals surface area contributed by atoms with E-state index in [2.05, 4.69) is 44.2 Å². The quantitative estimate of drug-likeness (QED) is 0.589. The smallest absolute Gasteiger partial charge is 0.135 e. The Morgan fingerprint density at radius 3 is 2.10 bits per heavy atom. The largest absolute Gasteiger partial charge is 0.457 e. The summed E-state index contributed by atoms with van der Waals surface area (Å²) in [6, 6.07) is 24.5. The van der Waals surface area contributed by atoms with Gasteiger partial charge in [0, 0.05) is 5.56 Å². The molecular weight excluding hydrogens is 256 g/mol. The van der Waals surface area contributed by atoms with Crippen LogP contribution in [0, 0.1) is 13.8 Å². The summed E-state index contributed by atoms with van der Waals surface area (Å²) in [6.07, 6.45) is 0. The highest BCUT2D eigenvalue weighted by Gasteiger charge is 2.10. The molecule has 0 aliphatic rings. The number of aryl methyl sites for hydroxylation is 1. The van der Waals surface area contributed by atoms with E-state index < -0.39 is 0 Å². The second-order valence-electron chi connectivity index (χ2n) is 5.16. The molecule has 0 aliphatic carbocycles. The Balaban J connectivity index is 2.06. The van der Waals surface area contributed by atoms with E-state index in [4.69, 9.17) is 4.74 Å². The highest BCUT2D eigenvalue weighted by Crippen LogP contribution is 2.35. The summed E-state index contributed by atoms with van der Waals surface area (Å²) in [6.45, 7) is 4.30. The minimum atomic E-state index is 0.857. The monoisotopic (exact) mass is 274 g/mol. The van der Waals surface area contributed by atoms with E-state index in [1.807, 2.05) is 42.5 Å². The first-order valence-corrected chi connectivity index (χ1v) is 7.14. The second kappa shape index (κ2) is 5.84. The Bertz CT molecular complexity index is 745. The van der Waals surface area contributed by atoms with Crippen LogP contribution in [0.2, 0.25) is 0 Å². The molecule has 0 unspecified atom stereocenters. The number of hydrogen-bond donors (Lipinski definition) is 0. The summed E-state index contributed by atoms with van der Waals surface area (Å²) in [5, 5.41) is 0. The lowest BCUT2D eigenvalue weighted by atomic mass is 9.96. The van der Waals surface area contributed by atoms with Gasteiger partial charge in [0.25, 0.3) is 0 Å². The van der Waals surface area contributed by atoms with Gasteiger partial charge in [-0.3, -0.25) is 0 Å². The van der Waals surface area contributed by atoms with Crippen LogP contribution in [0.15, 0.2) is 72.8 Å². The summed E-state index contributed by atoms with van der Waals surface area (Å²) in [7, 11) is 0. The lowest BCUT2D eigenvalue weighted by Crippen LogP contribution is -1.91. The van der Waals surface area contributed by atoms with E-state index in [1.54, 1.807) is 0 Å². The fourth-order valence-electron chi connectivity index (χ4n) is 2.44. The zero-order valence-electron chi connectivity index (χ0n) is 12.3. The molecular formula is C20H18O. The van der Waals surface area contributed by atoms with Crippen LogP contribution in [-0.2, 0) is 0 Å². The van der Waals surface area contributed by atoms with E-state index in [-0.39, 0.29) is 0 Å². The van der Waals surface area contributed by atoms with Gasteiger partial charge < -0.3 is 4.74 Å². The minimum Gasteiger partial charge on any atom is -0.457 e. The van der Waals surface area contributed by atoms with Crippen molar-refractivity contribution in [2.75, 3.05) is 0 Å². The third-order valence-electron chi connectivity index (χ3n) is 3.75. The van der Waals surface area contributed by atoms with Gasteiger partial charge in [0.05, 0.1) is 0 Å². The fraction of sp³-hybridized carbons (Fsp3) is 0.100. The molecule has 0 aromatic heterocycles. The molecule has 21 heavy (non-hydrogen) atoms. The highest BCUT2D eigenvalue weighted by molar-refractivity contribution is 5.74. The summed E-state index contributed by atoms with van der Waals surface area (Å²) >= 11 is 0. The highest BCUT2D eigenvalue weighted by atomic mass is 16.5. The first-order chi connectivity index (χ1) is 10.3. The van der Waals surface area contributed by atoms with Crippen LogP contribution in [0.3, 0.4) is 0 Å². The van der Waals surface area contributed by atoms with Crippen molar-refractivity contribution in [3.63, 3.8) is 0 Å². The zero-order chi connectivity index (χ0) is 14.7. The van der Waals surface area contributed by atoms with Crippen molar-refractivity contribution >= 4 is 0 Å². The van der Waals surface area contributed by atoms with E-state index in [9.17, 15) is 0 Å². The summed E-state index contributed by atoms with van der Waals surface area (Å²) in [4.78, 5) is 0. The third-order valence-corrected chi connectivity index (χ3v) is 3.75. The summed E-state index contributed by atoms with van der Waals surface area (Å²) in [5.74, 6) is 1.74. The number of para-hydroxylation sites is 2. The van der Waals surface area contributed by atoms with Crippen molar-refractivity contribution in [1.29, 1.82) is 0 Å². The number of hydrogen-bond acceptors (Lipinski definition) is 1. The van der Waals surface area contributed by atoms with Crippen molar-refractivity contribution in [3.8, 4) is 22.6 Å². The maximum absolute atomic E-state index is 6.06. The van der Waals surface area contributed by atoms with Gasteiger partial charge in [-0.15, -0.1) is 0 Å². The molecule has 104 valence electrons. The molecule has 0 spiro atoms. The third kappa shape index (κ3) is 2.82. The molecule has 1 nitrogen and oxygen atoms in total. The molecule has 0 bridgehead atoms. The summed E-state index contributed by atoms with van der Waals surface area (Å²) < 4.78 is 6.06. The molecule has 3 rings (SSSR count). The van der Waals surface area contributed by atoms with Crippen LogP contribution in [0.25, 0.3) is 11.1 Å². The predicted molar refractivity (Wildman–Crippen MR) is 87.9 cm³/mol. The molecule has 0 N–H and O–H groups in total. The Morgan fingerprint density at radius 2 is 1.29 bits per heavy atom. The average molecular weight is 274 g/mol. The van der Waals surface area contributed by atoms with Crippen molar-refractivity contribution in [3.05, 3.63) is 83.9 Å². The Hall–Kier alpha value is -2.54. The van der Waals surface area contributed by atoms with Crippen molar-refractivity contribution in [2.24, 2.45) is 0 Å². The van der Waals surface area contributed by atoms with Crippen molar-refractivity contribution < 1.29 is 4.74 Å². The zero-order valence-corrected chi connectivity index (χ0v) is 12.3. The molecule has 0 radical (unpaired) electrons. The minimum absolute atomic E-state index is 0.857. The lowest BCUT2D eigenvalue weighted by Gasteiger charge is -2.14. The molecule has 0 atom stereocenters. The number of benzene rings is 3.